The van der Waals surface area contributed by atoms with Gasteiger partial charge in [0.05, 0.1) is 12.8 Å². The SMILES string of the molecule is COC(=O)C(Nc1ccc(N)c(N)n1)C(C)C. The number of hydrogen-bond acceptors (Lipinski definition) is 6. The van der Waals surface area contributed by atoms with E-state index < -0.39 is 6.04 Å². The summed E-state index contributed by atoms with van der Waals surface area (Å²) in [6.45, 7) is 3.82. The highest BCUT2D eigenvalue weighted by Gasteiger charge is 2.23. The number of nitrogens with zero attached hydrogens (tertiary/aromatic N) is 1. The molecule has 0 saturated heterocycles. The largest absolute Gasteiger partial charge is 0.467 e. The minimum atomic E-state index is -0.462. The van der Waals surface area contributed by atoms with Crippen molar-refractivity contribution in [1.82, 2.24) is 4.98 Å². The highest BCUT2D eigenvalue weighted by Crippen LogP contribution is 2.17. The number of pyridine rings is 1. The van der Waals surface area contributed by atoms with Crippen LogP contribution in [0.1, 0.15) is 13.8 Å². The molecule has 17 heavy (non-hydrogen) atoms. The molecular weight excluding hydrogens is 220 g/mol. The molecule has 0 saturated carbocycles. The lowest BCUT2D eigenvalue weighted by atomic mass is 10.0. The third-order valence-corrected chi connectivity index (χ3v) is 2.38. The number of anilines is 3. The summed E-state index contributed by atoms with van der Waals surface area (Å²) in [6.07, 6.45) is 0. The number of carbonyl (C=O) groups is 1. The fourth-order valence-corrected chi connectivity index (χ4v) is 1.35. The highest BCUT2D eigenvalue weighted by molar-refractivity contribution is 5.79. The molecule has 1 unspecified atom stereocenters. The summed E-state index contributed by atoms with van der Waals surface area (Å²) in [4.78, 5) is 15.6. The van der Waals surface area contributed by atoms with Gasteiger partial charge in [-0.2, -0.15) is 0 Å². The molecule has 0 aromatic carbocycles. The van der Waals surface area contributed by atoms with Gasteiger partial charge in [0.2, 0.25) is 0 Å². The van der Waals surface area contributed by atoms with E-state index in [0.29, 0.717) is 11.5 Å². The molecule has 1 aromatic rings. The van der Waals surface area contributed by atoms with E-state index in [2.05, 4.69) is 10.3 Å². The van der Waals surface area contributed by atoms with Gasteiger partial charge in [-0.15, -0.1) is 0 Å². The van der Waals surface area contributed by atoms with Crippen LogP contribution in [0.15, 0.2) is 12.1 Å². The average Bonchev–Trinajstić information content (AvgIpc) is 2.29. The quantitative estimate of drug-likeness (QED) is 0.672. The highest BCUT2D eigenvalue weighted by atomic mass is 16.5. The van der Waals surface area contributed by atoms with E-state index in [1.165, 1.54) is 7.11 Å². The second-order valence-corrected chi connectivity index (χ2v) is 4.06. The lowest BCUT2D eigenvalue weighted by Crippen LogP contribution is -2.35. The van der Waals surface area contributed by atoms with Crippen molar-refractivity contribution in [2.75, 3.05) is 23.9 Å². The van der Waals surface area contributed by atoms with Gasteiger partial charge in [-0.3, -0.25) is 0 Å². The molecule has 1 rings (SSSR count). The summed E-state index contributed by atoms with van der Waals surface area (Å²) in [5, 5.41) is 2.98. The molecule has 0 radical (unpaired) electrons. The first kappa shape index (κ1) is 13.1. The molecule has 0 amide bonds. The molecule has 0 spiro atoms. The van der Waals surface area contributed by atoms with Gasteiger partial charge in [-0.1, -0.05) is 13.8 Å². The number of carbonyl (C=O) groups excluding carboxylic acids is 1. The van der Waals surface area contributed by atoms with Crippen molar-refractivity contribution in [2.24, 2.45) is 5.92 Å². The normalized spacial score (nSPS) is 12.2. The van der Waals surface area contributed by atoms with Crippen LogP contribution in [0, 0.1) is 5.92 Å². The minimum absolute atomic E-state index is 0.0722. The first-order valence-corrected chi connectivity index (χ1v) is 5.32. The number of nitrogen functional groups attached to an aromatic ring is 2. The second-order valence-electron chi connectivity index (χ2n) is 4.06. The molecule has 0 aliphatic rings. The van der Waals surface area contributed by atoms with Crippen LogP contribution in [0.2, 0.25) is 0 Å². The van der Waals surface area contributed by atoms with Gasteiger partial charge >= 0.3 is 5.97 Å². The van der Waals surface area contributed by atoms with E-state index in [1.54, 1.807) is 12.1 Å². The van der Waals surface area contributed by atoms with Crippen molar-refractivity contribution >= 4 is 23.3 Å². The van der Waals surface area contributed by atoms with Crippen LogP contribution in [0.25, 0.3) is 0 Å². The van der Waals surface area contributed by atoms with Gasteiger partial charge in [0.25, 0.3) is 0 Å². The molecule has 0 fully saturated rings. The fourth-order valence-electron chi connectivity index (χ4n) is 1.35. The van der Waals surface area contributed by atoms with Gasteiger partial charge in [-0.05, 0) is 18.1 Å². The first-order chi connectivity index (χ1) is 7.95. The Morgan fingerprint density at radius 1 is 1.41 bits per heavy atom. The average molecular weight is 238 g/mol. The lowest BCUT2D eigenvalue weighted by molar-refractivity contribution is -0.142. The van der Waals surface area contributed by atoms with E-state index in [9.17, 15) is 4.79 Å². The standard InChI is InChI=1S/C11H18N4O2/c1-6(2)9(11(16)17-3)14-8-5-4-7(12)10(13)15-8/h4-6,9H,12H2,1-3H3,(H3,13,14,15). The van der Waals surface area contributed by atoms with E-state index in [-0.39, 0.29) is 17.7 Å². The number of esters is 1. The summed E-state index contributed by atoms with van der Waals surface area (Å²) in [6, 6.07) is 2.85. The minimum Gasteiger partial charge on any atom is -0.467 e. The number of aromatic nitrogens is 1. The Bertz CT molecular complexity index is 406. The van der Waals surface area contributed by atoms with Crippen LogP contribution in [-0.2, 0) is 9.53 Å². The van der Waals surface area contributed by atoms with Crippen LogP contribution in [-0.4, -0.2) is 24.1 Å². The molecule has 1 atom stereocenters. The molecule has 1 aromatic heterocycles. The Balaban J connectivity index is 2.86. The Hall–Kier alpha value is -1.98. The predicted octanol–water partition coefficient (Wildman–Crippen LogP) is 0.855. The topological polar surface area (TPSA) is 103 Å². The van der Waals surface area contributed by atoms with Crippen molar-refractivity contribution in [3.63, 3.8) is 0 Å². The number of methoxy groups -OCH3 is 1. The molecule has 0 bridgehead atoms. The molecule has 0 aliphatic heterocycles. The molecular formula is C11H18N4O2. The Morgan fingerprint density at radius 3 is 2.53 bits per heavy atom. The van der Waals surface area contributed by atoms with Crippen molar-refractivity contribution in [3.8, 4) is 0 Å². The summed E-state index contributed by atoms with van der Waals surface area (Å²) in [5.41, 5.74) is 11.6. The summed E-state index contributed by atoms with van der Waals surface area (Å²) < 4.78 is 4.71. The van der Waals surface area contributed by atoms with Crippen molar-refractivity contribution < 1.29 is 9.53 Å². The van der Waals surface area contributed by atoms with Crippen LogP contribution in [0.5, 0.6) is 0 Å². The maximum absolute atomic E-state index is 11.5. The van der Waals surface area contributed by atoms with Crippen molar-refractivity contribution in [3.05, 3.63) is 12.1 Å². The van der Waals surface area contributed by atoms with Gasteiger partial charge in [0.1, 0.15) is 17.7 Å². The smallest absolute Gasteiger partial charge is 0.328 e. The maximum atomic E-state index is 11.5. The first-order valence-electron chi connectivity index (χ1n) is 5.32. The van der Waals surface area contributed by atoms with Gasteiger partial charge in [0, 0.05) is 0 Å². The molecule has 6 heteroatoms. The molecule has 0 aliphatic carbocycles. The maximum Gasteiger partial charge on any atom is 0.328 e. The molecule has 94 valence electrons. The van der Waals surface area contributed by atoms with E-state index in [4.69, 9.17) is 16.2 Å². The summed E-state index contributed by atoms with van der Waals surface area (Å²) in [7, 11) is 1.35. The molecule has 5 N–H and O–H groups in total. The predicted molar refractivity (Wildman–Crippen MR) is 67.3 cm³/mol. The Kier molecular flexibility index (Phi) is 4.14. The monoisotopic (exact) mass is 238 g/mol. The van der Waals surface area contributed by atoms with Crippen molar-refractivity contribution in [1.29, 1.82) is 0 Å². The van der Waals surface area contributed by atoms with Crippen LogP contribution >= 0.6 is 0 Å². The third kappa shape index (κ3) is 3.24. The Morgan fingerprint density at radius 2 is 2.06 bits per heavy atom. The van der Waals surface area contributed by atoms with Crippen LogP contribution in [0.4, 0.5) is 17.3 Å². The number of nitrogens with one attached hydrogen (secondary N) is 1. The third-order valence-electron chi connectivity index (χ3n) is 2.38. The fraction of sp³-hybridized carbons (Fsp3) is 0.455. The number of nitrogens with two attached hydrogens (primary N) is 2. The second kappa shape index (κ2) is 5.38. The molecule has 1 heterocycles. The van der Waals surface area contributed by atoms with Gasteiger partial charge < -0.3 is 21.5 Å². The van der Waals surface area contributed by atoms with Crippen LogP contribution in [0.3, 0.4) is 0 Å². The van der Waals surface area contributed by atoms with Gasteiger partial charge in [-0.25, -0.2) is 9.78 Å². The lowest BCUT2D eigenvalue weighted by Gasteiger charge is -2.20. The van der Waals surface area contributed by atoms with E-state index in [0.717, 1.165) is 0 Å². The van der Waals surface area contributed by atoms with E-state index >= 15 is 0 Å². The zero-order valence-electron chi connectivity index (χ0n) is 10.2. The van der Waals surface area contributed by atoms with E-state index in [1.807, 2.05) is 13.8 Å². The zero-order valence-corrected chi connectivity index (χ0v) is 10.2. The van der Waals surface area contributed by atoms with Crippen molar-refractivity contribution in [2.45, 2.75) is 19.9 Å². The summed E-state index contributed by atoms with van der Waals surface area (Å²) in [5.74, 6) is 0.475. The number of hydrogen-bond donors (Lipinski definition) is 3. The van der Waals surface area contributed by atoms with Gasteiger partial charge in [0.15, 0.2) is 0 Å². The Labute approximate surface area is 100 Å². The zero-order chi connectivity index (χ0) is 13.0. The number of rotatable bonds is 4. The van der Waals surface area contributed by atoms with Crippen LogP contribution < -0.4 is 16.8 Å². The molecule has 6 nitrogen and oxygen atoms in total. The summed E-state index contributed by atoms with van der Waals surface area (Å²) >= 11 is 0. The number of ether oxygens (including phenoxy) is 1.